The Hall–Kier alpha value is -3.09. The third-order valence-corrected chi connectivity index (χ3v) is 5.71. The lowest BCUT2D eigenvalue weighted by Crippen LogP contribution is -2.32. The fourth-order valence-corrected chi connectivity index (χ4v) is 4.02. The summed E-state index contributed by atoms with van der Waals surface area (Å²) >= 11 is 0. The highest BCUT2D eigenvalue weighted by Crippen LogP contribution is 2.20. The zero-order chi connectivity index (χ0) is 20.9. The van der Waals surface area contributed by atoms with Crippen LogP contribution < -0.4 is 10.7 Å². The SMILES string of the molecule is O=C1NCCCCCc2ccc3ccn(c3c2)CCCCCn2cc(O)c(=O)c1n2. The van der Waals surface area contributed by atoms with E-state index < -0.39 is 17.1 Å². The highest BCUT2D eigenvalue weighted by atomic mass is 16.3. The quantitative estimate of drug-likeness (QED) is 0.598. The van der Waals surface area contributed by atoms with E-state index in [4.69, 9.17) is 0 Å². The first-order valence-corrected chi connectivity index (χ1v) is 10.8. The van der Waals surface area contributed by atoms with E-state index in [9.17, 15) is 14.7 Å². The van der Waals surface area contributed by atoms with Crippen LogP contribution in [0.4, 0.5) is 0 Å². The highest BCUT2D eigenvalue weighted by Gasteiger charge is 2.16. The standard InChI is InChI=1S/C23H28N4O3/c28-20-16-27-13-6-2-5-12-26-14-10-18-9-8-17(15-19(18)26)7-3-1-4-11-24-23(30)21(25-27)22(20)29/h8-10,14-16,28H,1-7,11-13H2,(H,24,30). The van der Waals surface area contributed by atoms with E-state index >= 15 is 0 Å². The molecule has 0 aliphatic carbocycles. The Balaban J connectivity index is 1.52. The fourth-order valence-electron chi connectivity index (χ4n) is 4.02. The number of benzene rings is 1. The summed E-state index contributed by atoms with van der Waals surface area (Å²) in [7, 11) is 0. The Morgan fingerprint density at radius 2 is 1.80 bits per heavy atom. The molecule has 0 atom stereocenters. The van der Waals surface area contributed by atoms with Crippen molar-refractivity contribution in [2.75, 3.05) is 6.54 Å². The smallest absolute Gasteiger partial charge is 0.275 e. The number of hydrogen-bond acceptors (Lipinski definition) is 4. The van der Waals surface area contributed by atoms with Gasteiger partial charge in [-0.25, -0.2) is 0 Å². The summed E-state index contributed by atoms with van der Waals surface area (Å²) in [6.07, 6.45) is 10.2. The molecule has 2 N–H and O–H groups in total. The lowest BCUT2D eigenvalue weighted by Gasteiger charge is -2.09. The van der Waals surface area contributed by atoms with E-state index in [1.54, 1.807) is 0 Å². The maximum atomic E-state index is 12.4. The Morgan fingerprint density at radius 3 is 2.70 bits per heavy atom. The normalized spacial score (nSPS) is 16.6. The van der Waals surface area contributed by atoms with E-state index in [1.807, 2.05) is 0 Å². The van der Waals surface area contributed by atoms with Gasteiger partial charge in [0.2, 0.25) is 0 Å². The van der Waals surface area contributed by atoms with Crippen molar-refractivity contribution in [1.29, 1.82) is 0 Å². The summed E-state index contributed by atoms with van der Waals surface area (Å²) in [5.74, 6) is -0.956. The monoisotopic (exact) mass is 408 g/mol. The zero-order valence-electron chi connectivity index (χ0n) is 17.1. The molecular weight excluding hydrogens is 380 g/mol. The molecule has 158 valence electrons. The third-order valence-electron chi connectivity index (χ3n) is 5.71. The van der Waals surface area contributed by atoms with Crippen LogP contribution in [0.25, 0.3) is 10.9 Å². The first-order valence-electron chi connectivity index (χ1n) is 10.8. The molecule has 4 bridgehead atoms. The third kappa shape index (κ3) is 4.56. The van der Waals surface area contributed by atoms with Gasteiger partial charge in [0.05, 0.1) is 6.20 Å². The first kappa shape index (κ1) is 20.2. The van der Waals surface area contributed by atoms with Crippen molar-refractivity contribution in [2.24, 2.45) is 0 Å². The van der Waals surface area contributed by atoms with Crippen molar-refractivity contribution in [1.82, 2.24) is 19.7 Å². The average molecular weight is 409 g/mol. The summed E-state index contributed by atoms with van der Waals surface area (Å²) in [5.41, 5.74) is 1.67. The number of carbonyl (C=O) groups excluding carboxylic acids is 1. The van der Waals surface area contributed by atoms with Crippen LogP contribution in [0.15, 0.2) is 41.5 Å². The molecule has 3 heterocycles. The van der Waals surface area contributed by atoms with E-state index in [2.05, 4.69) is 45.4 Å². The number of amides is 1. The molecule has 0 saturated carbocycles. The van der Waals surface area contributed by atoms with Crippen LogP contribution in [0.3, 0.4) is 0 Å². The molecule has 30 heavy (non-hydrogen) atoms. The zero-order valence-corrected chi connectivity index (χ0v) is 17.1. The van der Waals surface area contributed by atoms with E-state index in [1.165, 1.54) is 27.3 Å². The lowest BCUT2D eigenvalue weighted by atomic mass is 10.1. The maximum Gasteiger partial charge on any atom is 0.275 e. The van der Waals surface area contributed by atoms with E-state index in [0.717, 1.165) is 51.5 Å². The summed E-state index contributed by atoms with van der Waals surface area (Å²) in [6, 6.07) is 8.87. The summed E-state index contributed by atoms with van der Waals surface area (Å²) in [5, 5.41) is 18.1. The van der Waals surface area contributed by atoms with Gasteiger partial charge in [-0.05, 0) is 61.6 Å². The molecule has 7 heteroatoms. The largest absolute Gasteiger partial charge is 0.503 e. The van der Waals surface area contributed by atoms with Gasteiger partial charge in [-0.1, -0.05) is 18.6 Å². The van der Waals surface area contributed by atoms with Crippen LogP contribution in [0.1, 0.15) is 54.6 Å². The predicted molar refractivity (Wildman–Crippen MR) is 116 cm³/mol. The molecule has 0 saturated heterocycles. The molecule has 0 radical (unpaired) electrons. The minimum Gasteiger partial charge on any atom is -0.503 e. The molecule has 1 aliphatic rings. The number of aromatic nitrogens is 3. The second-order valence-corrected chi connectivity index (χ2v) is 7.98. The predicted octanol–water partition coefficient (Wildman–Crippen LogP) is 3.23. The molecular formula is C23H28N4O3. The van der Waals surface area contributed by atoms with Gasteiger partial charge in [0.15, 0.2) is 11.4 Å². The number of nitrogens with zero attached hydrogens (tertiary/aromatic N) is 3. The highest BCUT2D eigenvalue weighted by molar-refractivity contribution is 5.92. The topological polar surface area (TPSA) is 89.1 Å². The van der Waals surface area contributed by atoms with Gasteiger partial charge in [-0.15, -0.1) is 0 Å². The summed E-state index contributed by atoms with van der Waals surface area (Å²) in [4.78, 5) is 24.5. The number of rotatable bonds is 0. The molecule has 3 aromatic rings. The van der Waals surface area contributed by atoms with Crippen LogP contribution in [0.2, 0.25) is 0 Å². The van der Waals surface area contributed by atoms with Crippen molar-refractivity contribution in [3.05, 3.63) is 58.1 Å². The van der Waals surface area contributed by atoms with Crippen molar-refractivity contribution in [3.63, 3.8) is 0 Å². The molecule has 0 fully saturated rings. The number of aryl methyl sites for hydroxylation is 3. The van der Waals surface area contributed by atoms with Crippen molar-refractivity contribution < 1.29 is 9.90 Å². The van der Waals surface area contributed by atoms with Crippen LogP contribution in [-0.4, -0.2) is 31.9 Å². The van der Waals surface area contributed by atoms with Gasteiger partial charge in [-0.2, -0.15) is 5.10 Å². The average Bonchev–Trinajstić information content (AvgIpc) is 3.14. The minimum atomic E-state index is -0.717. The molecule has 1 amide bonds. The second kappa shape index (κ2) is 9.15. The number of carbonyl (C=O) groups is 1. The van der Waals surface area contributed by atoms with Crippen molar-refractivity contribution >= 4 is 16.8 Å². The maximum absolute atomic E-state index is 12.4. The van der Waals surface area contributed by atoms with Gasteiger partial charge in [-0.3, -0.25) is 14.3 Å². The van der Waals surface area contributed by atoms with Crippen LogP contribution in [0, 0.1) is 0 Å². The number of hydrogen-bond donors (Lipinski definition) is 2. The van der Waals surface area contributed by atoms with Crippen molar-refractivity contribution in [3.8, 4) is 5.75 Å². The Morgan fingerprint density at radius 1 is 0.967 bits per heavy atom. The van der Waals surface area contributed by atoms with Crippen LogP contribution in [0.5, 0.6) is 5.75 Å². The molecule has 1 aliphatic heterocycles. The minimum absolute atomic E-state index is 0.237. The molecule has 1 aromatic carbocycles. The molecule has 2 aromatic heterocycles. The fraction of sp³-hybridized carbons (Fsp3) is 0.435. The van der Waals surface area contributed by atoms with Crippen molar-refractivity contribution in [2.45, 2.75) is 58.0 Å². The molecule has 7 nitrogen and oxygen atoms in total. The lowest BCUT2D eigenvalue weighted by molar-refractivity contribution is 0.0943. The van der Waals surface area contributed by atoms with Gasteiger partial charge < -0.3 is 15.0 Å². The number of aromatic hydroxyl groups is 1. The van der Waals surface area contributed by atoms with Crippen LogP contribution >= 0.6 is 0 Å². The second-order valence-electron chi connectivity index (χ2n) is 7.98. The van der Waals surface area contributed by atoms with Gasteiger partial charge in [0, 0.05) is 31.3 Å². The molecule has 0 spiro atoms. The van der Waals surface area contributed by atoms with E-state index in [-0.39, 0.29) is 5.69 Å². The molecule has 0 unspecified atom stereocenters. The van der Waals surface area contributed by atoms with E-state index in [0.29, 0.717) is 13.1 Å². The number of nitrogens with one attached hydrogen (secondary N) is 1. The first-order chi connectivity index (χ1) is 14.6. The number of fused-ring (bicyclic) bond motifs is 3. The Bertz CT molecular complexity index is 1100. The van der Waals surface area contributed by atoms with Gasteiger partial charge in [0.1, 0.15) is 0 Å². The molecule has 4 rings (SSSR count). The Kier molecular flexibility index (Phi) is 6.16. The van der Waals surface area contributed by atoms with Crippen LogP contribution in [-0.2, 0) is 19.5 Å². The van der Waals surface area contributed by atoms with Gasteiger partial charge >= 0.3 is 0 Å². The Labute approximate surface area is 175 Å². The van der Waals surface area contributed by atoms with Gasteiger partial charge in [0.25, 0.3) is 11.3 Å². The summed E-state index contributed by atoms with van der Waals surface area (Å²) in [6.45, 7) is 1.98. The summed E-state index contributed by atoms with van der Waals surface area (Å²) < 4.78 is 3.81.